The molecule has 0 amide bonds. The third-order valence-electron chi connectivity index (χ3n) is 2.21. The third-order valence-corrected chi connectivity index (χ3v) is 2.51. The van der Waals surface area contributed by atoms with Crippen LogP contribution in [0.25, 0.3) is 0 Å². The number of methoxy groups -OCH3 is 2. The molecule has 0 saturated heterocycles. The van der Waals surface area contributed by atoms with Crippen molar-refractivity contribution in [3.8, 4) is 0 Å². The van der Waals surface area contributed by atoms with Crippen LogP contribution < -0.4 is 10.6 Å². The lowest BCUT2D eigenvalue weighted by molar-refractivity contribution is -0.140. The number of anilines is 2. The number of esters is 2. The van der Waals surface area contributed by atoms with Crippen molar-refractivity contribution >= 4 is 35.0 Å². The van der Waals surface area contributed by atoms with Crippen LogP contribution in [0.3, 0.4) is 0 Å². The van der Waals surface area contributed by atoms with Gasteiger partial charge in [-0.25, -0.2) is 9.97 Å². The summed E-state index contributed by atoms with van der Waals surface area (Å²) < 4.78 is 9.08. The number of rotatable bonds is 5. The summed E-state index contributed by atoms with van der Waals surface area (Å²) in [5, 5.41) is 0.0322. The van der Waals surface area contributed by atoms with Crippen LogP contribution in [0.15, 0.2) is 6.33 Å². The Morgan fingerprint density at radius 3 is 2.26 bits per heavy atom. The number of hydrogen-bond acceptors (Lipinski definition) is 8. The number of carbonyl (C=O) groups is 2. The van der Waals surface area contributed by atoms with E-state index in [9.17, 15) is 9.59 Å². The second kappa shape index (κ2) is 6.74. The number of halogens is 1. The summed E-state index contributed by atoms with van der Waals surface area (Å²) in [7, 11) is 2.46. The monoisotopic (exact) mass is 288 g/mol. The second-order valence-electron chi connectivity index (χ2n) is 3.41. The van der Waals surface area contributed by atoms with Gasteiger partial charge >= 0.3 is 11.9 Å². The number of hydrogen-bond donors (Lipinski definition) is 1. The molecule has 0 aromatic carbocycles. The van der Waals surface area contributed by atoms with E-state index in [0.29, 0.717) is 0 Å². The lowest BCUT2D eigenvalue weighted by Crippen LogP contribution is -2.36. The van der Waals surface area contributed by atoms with E-state index in [2.05, 4.69) is 19.4 Å². The van der Waals surface area contributed by atoms with Gasteiger partial charge in [-0.05, 0) is 0 Å². The standard InChI is InChI=1S/C10H13ClN4O4/c1-18-6(16)3-15(4-7(17)19-2)10-8(12)9(11)13-5-14-10/h5H,3-4,12H2,1-2H3. The quantitative estimate of drug-likeness (QED) is 0.589. The van der Waals surface area contributed by atoms with Gasteiger partial charge in [0.2, 0.25) is 0 Å². The van der Waals surface area contributed by atoms with Crippen LogP contribution in [-0.2, 0) is 19.1 Å². The number of ether oxygens (including phenoxy) is 2. The van der Waals surface area contributed by atoms with E-state index < -0.39 is 11.9 Å². The highest BCUT2D eigenvalue weighted by molar-refractivity contribution is 6.32. The maximum atomic E-state index is 11.3. The van der Waals surface area contributed by atoms with Gasteiger partial charge < -0.3 is 20.1 Å². The number of nitrogen functional groups attached to an aromatic ring is 1. The molecule has 0 spiro atoms. The smallest absolute Gasteiger partial charge is 0.325 e. The largest absolute Gasteiger partial charge is 0.468 e. The molecule has 19 heavy (non-hydrogen) atoms. The Hall–Kier alpha value is -2.09. The predicted molar refractivity (Wildman–Crippen MR) is 67.7 cm³/mol. The van der Waals surface area contributed by atoms with Gasteiger partial charge in [-0.3, -0.25) is 9.59 Å². The van der Waals surface area contributed by atoms with Gasteiger partial charge in [-0.1, -0.05) is 11.6 Å². The van der Waals surface area contributed by atoms with Crippen molar-refractivity contribution in [3.05, 3.63) is 11.5 Å². The van der Waals surface area contributed by atoms with Crippen LogP contribution in [-0.4, -0.2) is 49.2 Å². The van der Waals surface area contributed by atoms with Gasteiger partial charge in [0, 0.05) is 0 Å². The molecule has 1 aromatic heterocycles. The molecule has 1 aromatic rings. The highest BCUT2D eigenvalue weighted by Crippen LogP contribution is 2.25. The van der Waals surface area contributed by atoms with Gasteiger partial charge in [-0.2, -0.15) is 0 Å². The lowest BCUT2D eigenvalue weighted by Gasteiger charge is -2.22. The van der Waals surface area contributed by atoms with Crippen LogP contribution in [0.4, 0.5) is 11.5 Å². The zero-order chi connectivity index (χ0) is 14.4. The Morgan fingerprint density at radius 2 is 1.79 bits per heavy atom. The van der Waals surface area contributed by atoms with E-state index in [1.165, 1.54) is 25.4 Å². The summed E-state index contributed by atoms with van der Waals surface area (Å²) in [6.07, 6.45) is 1.18. The lowest BCUT2D eigenvalue weighted by atomic mass is 10.4. The highest BCUT2D eigenvalue weighted by Gasteiger charge is 2.20. The van der Waals surface area contributed by atoms with Crippen LogP contribution in [0.5, 0.6) is 0 Å². The first-order chi connectivity index (χ1) is 8.99. The molecule has 0 saturated carbocycles. The molecule has 8 nitrogen and oxygen atoms in total. The normalized spacial score (nSPS) is 9.84. The Labute approximate surface area is 114 Å². The molecule has 0 aliphatic carbocycles. The number of nitrogens with zero attached hydrogens (tertiary/aromatic N) is 3. The first-order valence-electron chi connectivity index (χ1n) is 5.14. The minimum Gasteiger partial charge on any atom is -0.468 e. The molecule has 9 heteroatoms. The molecule has 104 valence electrons. The van der Waals surface area contributed by atoms with Crippen molar-refractivity contribution in [3.63, 3.8) is 0 Å². The average molecular weight is 289 g/mol. The minimum absolute atomic E-state index is 0.0322. The summed E-state index contributed by atoms with van der Waals surface area (Å²) in [5.41, 5.74) is 5.78. The van der Waals surface area contributed by atoms with Crippen LogP contribution in [0, 0.1) is 0 Å². The maximum Gasteiger partial charge on any atom is 0.325 e. The van der Waals surface area contributed by atoms with Crippen molar-refractivity contribution in [2.24, 2.45) is 0 Å². The second-order valence-corrected chi connectivity index (χ2v) is 3.77. The van der Waals surface area contributed by atoms with Gasteiger partial charge in [0.15, 0.2) is 11.0 Å². The molecule has 0 aliphatic rings. The molecule has 0 radical (unpaired) electrons. The molecule has 0 unspecified atom stereocenters. The summed E-state index contributed by atoms with van der Waals surface area (Å²) in [6.45, 7) is -0.438. The fraction of sp³-hybridized carbons (Fsp3) is 0.400. The van der Waals surface area contributed by atoms with Gasteiger partial charge in [0.1, 0.15) is 25.1 Å². The van der Waals surface area contributed by atoms with Gasteiger partial charge in [0.05, 0.1) is 14.2 Å². The molecule has 1 heterocycles. The Morgan fingerprint density at radius 1 is 1.26 bits per heavy atom. The van der Waals surface area contributed by atoms with Crippen LogP contribution >= 0.6 is 11.6 Å². The molecule has 0 bridgehead atoms. The van der Waals surface area contributed by atoms with Crippen LogP contribution in [0.1, 0.15) is 0 Å². The predicted octanol–water partition coefficient (Wildman–Crippen LogP) is -0.135. The van der Waals surface area contributed by atoms with Crippen molar-refractivity contribution in [2.75, 3.05) is 37.9 Å². The molecule has 0 aliphatic heterocycles. The van der Waals surface area contributed by atoms with Gasteiger partial charge in [-0.15, -0.1) is 0 Å². The SMILES string of the molecule is COC(=O)CN(CC(=O)OC)c1ncnc(Cl)c1N. The van der Waals surface area contributed by atoms with E-state index in [-0.39, 0.29) is 29.7 Å². The van der Waals surface area contributed by atoms with Crippen molar-refractivity contribution in [1.82, 2.24) is 9.97 Å². The highest BCUT2D eigenvalue weighted by atomic mass is 35.5. The average Bonchev–Trinajstić information content (AvgIpc) is 2.40. The molecular weight excluding hydrogens is 276 g/mol. The number of nitrogens with two attached hydrogens (primary N) is 1. The number of carbonyl (C=O) groups excluding carboxylic acids is 2. The van der Waals surface area contributed by atoms with Crippen molar-refractivity contribution in [1.29, 1.82) is 0 Å². The van der Waals surface area contributed by atoms with E-state index in [1.54, 1.807) is 0 Å². The first-order valence-corrected chi connectivity index (χ1v) is 5.52. The van der Waals surface area contributed by atoms with Crippen LogP contribution in [0.2, 0.25) is 5.15 Å². The third kappa shape index (κ3) is 3.95. The number of aromatic nitrogens is 2. The maximum absolute atomic E-state index is 11.3. The van der Waals surface area contributed by atoms with E-state index in [4.69, 9.17) is 17.3 Å². The molecule has 1 rings (SSSR count). The van der Waals surface area contributed by atoms with E-state index in [0.717, 1.165) is 0 Å². The Bertz CT molecular complexity index is 465. The minimum atomic E-state index is -0.557. The van der Waals surface area contributed by atoms with Crippen molar-refractivity contribution in [2.45, 2.75) is 0 Å². The summed E-state index contributed by atoms with van der Waals surface area (Å²) in [6, 6.07) is 0. The first kappa shape index (κ1) is 15.0. The van der Waals surface area contributed by atoms with Gasteiger partial charge in [0.25, 0.3) is 0 Å². The Balaban J connectivity index is 3.04. The summed E-state index contributed by atoms with van der Waals surface area (Å²) >= 11 is 5.76. The topological polar surface area (TPSA) is 108 Å². The molecule has 0 atom stereocenters. The summed E-state index contributed by atoms with van der Waals surface area (Å²) in [4.78, 5) is 31.5. The zero-order valence-electron chi connectivity index (χ0n) is 10.4. The van der Waals surface area contributed by atoms with E-state index in [1.807, 2.05) is 0 Å². The fourth-order valence-corrected chi connectivity index (χ4v) is 1.39. The molecular formula is C10H13ClN4O4. The Kier molecular flexibility index (Phi) is 5.31. The molecule has 0 fully saturated rings. The zero-order valence-corrected chi connectivity index (χ0v) is 11.2. The fourth-order valence-electron chi connectivity index (χ4n) is 1.26. The van der Waals surface area contributed by atoms with E-state index >= 15 is 0 Å². The summed E-state index contributed by atoms with van der Waals surface area (Å²) in [5.74, 6) is -0.952. The molecule has 2 N–H and O–H groups in total. The van der Waals surface area contributed by atoms with Crippen molar-refractivity contribution < 1.29 is 19.1 Å².